The molecule has 2 aromatic heterocycles. The van der Waals surface area contributed by atoms with Gasteiger partial charge in [-0.15, -0.1) is 0 Å². The van der Waals surface area contributed by atoms with Gasteiger partial charge in [0.25, 0.3) is 0 Å². The van der Waals surface area contributed by atoms with Gasteiger partial charge in [-0.3, -0.25) is 0 Å². The molecule has 2 heterocycles. The highest BCUT2D eigenvalue weighted by atomic mass is 14.8. The molecule has 0 saturated heterocycles. The van der Waals surface area contributed by atoms with Crippen molar-refractivity contribution in [3.8, 4) is 101 Å². The van der Waals surface area contributed by atoms with E-state index in [0.29, 0.717) is 0 Å². The summed E-state index contributed by atoms with van der Waals surface area (Å²) in [6.45, 7) is 18.9. The van der Waals surface area contributed by atoms with Crippen LogP contribution >= 0.6 is 0 Å². The highest BCUT2D eigenvalue weighted by molar-refractivity contribution is 5.97. The Hall–Kier alpha value is -10.7. The minimum absolute atomic E-state index is 0.107. The van der Waals surface area contributed by atoms with Gasteiger partial charge in [0.1, 0.15) is 0 Å². The summed E-state index contributed by atoms with van der Waals surface area (Å²) < 4.78 is 0. The van der Waals surface area contributed by atoms with E-state index in [0.717, 1.165) is 130 Å². The minimum Gasteiger partial charge on any atom is -0.244 e. The molecule has 4 heteroatoms. The lowest BCUT2D eigenvalue weighted by Gasteiger charge is -2.34. The molecule has 0 radical (unpaired) electrons. The monoisotopic (exact) mass is 1750 g/mol. The number of hydrogen-bond acceptors (Lipinski definition) is 4. The molecule has 19 rings (SSSR count). The molecule has 0 fully saturated rings. The second kappa shape index (κ2) is 40.9. The van der Waals surface area contributed by atoms with Crippen LogP contribution in [-0.4, -0.2) is 19.9 Å². The third-order valence-electron chi connectivity index (χ3n) is 33.0. The zero-order valence-corrected chi connectivity index (χ0v) is 81.8. The number of nitrogens with zero attached hydrogens (tertiary/aromatic N) is 4. The van der Waals surface area contributed by atoms with Crippen LogP contribution in [0.4, 0.5) is 0 Å². The Morgan fingerprint density at radius 2 is 0.361 bits per heavy atom. The zero-order valence-electron chi connectivity index (χ0n) is 81.8. The van der Waals surface area contributed by atoms with E-state index in [-0.39, 0.29) is 21.7 Å². The second-order valence-corrected chi connectivity index (χ2v) is 41.1. The van der Waals surface area contributed by atoms with Gasteiger partial charge in [0.2, 0.25) is 0 Å². The van der Waals surface area contributed by atoms with E-state index >= 15 is 0 Å². The van der Waals surface area contributed by atoms with Crippen LogP contribution < -0.4 is 0 Å². The molecule has 0 unspecified atom stereocenters. The number of hydrogen-bond donors (Lipinski definition) is 0. The van der Waals surface area contributed by atoms with Crippen molar-refractivity contribution in [3.05, 3.63) is 322 Å². The fraction of sp³-hybridized carbons (Fsp3) is 0.411. The quantitative estimate of drug-likeness (QED) is 0.0357. The van der Waals surface area contributed by atoms with E-state index in [1.54, 1.807) is 0 Å². The molecule has 5 aliphatic carbocycles. The van der Waals surface area contributed by atoms with E-state index < -0.39 is 5.41 Å². The maximum atomic E-state index is 6.33. The van der Waals surface area contributed by atoms with Crippen LogP contribution in [0.1, 0.15) is 379 Å². The summed E-state index contributed by atoms with van der Waals surface area (Å²) in [4.78, 5) is 25.0. The van der Waals surface area contributed by atoms with Crippen LogP contribution in [0, 0.1) is 0 Å². The van der Waals surface area contributed by atoms with Crippen molar-refractivity contribution in [3.63, 3.8) is 0 Å². The van der Waals surface area contributed by atoms with E-state index in [1.807, 2.05) is 0 Å². The van der Waals surface area contributed by atoms with E-state index in [9.17, 15) is 0 Å². The summed E-state index contributed by atoms with van der Waals surface area (Å²) >= 11 is 0. The van der Waals surface area contributed by atoms with Crippen molar-refractivity contribution in [1.29, 1.82) is 0 Å². The van der Waals surface area contributed by atoms with E-state index in [1.165, 1.54) is 317 Å². The van der Waals surface area contributed by atoms with Crippen molar-refractivity contribution >= 4 is 22.1 Å². The zero-order chi connectivity index (χ0) is 90.9. The maximum absolute atomic E-state index is 6.33. The first-order valence-electron chi connectivity index (χ1n) is 53.4. The third-order valence-corrected chi connectivity index (χ3v) is 33.0. The van der Waals surface area contributed by atoms with Gasteiger partial charge < -0.3 is 0 Å². The van der Waals surface area contributed by atoms with Crippen LogP contribution in [0.15, 0.2) is 255 Å². The SMILES string of the molecule is CCCCCCC1(CCCCCC)c2ccccc2-c2ccc(-c3nc4ccc(C5(c6ccc7nc(-c8ccc9c(c8)C(CCCCCC)(CCCCCC)c8ccccc8-9)c(-c8ccc9c(c8)C(CCCCCC)(CCCCCC)c8ccccc8-9)nc7c6)c6ccccc6-c6ccccc65)cc4nc3-c3ccc4c(c3)C(CCCCCC)(CCCCCC)c3ccccc3-4)cc21. The molecule has 14 aromatic rings. The topological polar surface area (TPSA) is 51.6 Å². The molecular weight excluding hydrogens is 1610 g/mol. The number of benzene rings is 12. The Morgan fingerprint density at radius 3 is 0.586 bits per heavy atom. The number of rotatable bonds is 46. The number of fused-ring (bicyclic) bond motifs is 17. The normalized spacial score (nSPS) is 14.8. The lowest BCUT2D eigenvalue weighted by molar-refractivity contribution is 0.401. The molecule has 0 atom stereocenters. The van der Waals surface area contributed by atoms with Crippen LogP contribution in [0.3, 0.4) is 0 Å². The summed E-state index contributed by atoms with van der Waals surface area (Å²) in [5, 5.41) is 0. The molecular formula is C129H146N4. The fourth-order valence-electron chi connectivity index (χ4n) is 26.3. The Morgan fingerprint density at radius 1 is 0.165 bits per heavy atom. The van der Waals surface area contributed by atoms with Crippen molar-refractivity contribution in [2.24, 2.45) is 0 Å². The Kier molecular flexibility index (Phi) is 28.1. The van der Waals surface area contributed by atoms with E-state index in [2.05, 4.69) is 310 Å². The van der Waals surface area contributed by atoms with Crippen LogP contribution in [0.25, 0.3) is 123 Å². The summed E-state index contributed by atoms with van der Waals surface area (Å²) in [7, 11) is 0. The lowest BCUT2D eigenvalue weighted by Crippen LogP contribution is -2.28. The van der Waals surface area contributed by atoms with Gasteiger partial charge in [0, 0.05) is 43.9 Å². The van der Waals surface area contributed by atoms with Gasteiger partial charge in [0.05, 0.1) is 50.3 Å². The molecule has 0 spiro atoms. The lowest BCUT2D eigenvalue weighted by atomic mass is 9.67. The highest BCUT2D eigenvalue weighted by Gasteiger charge is 2.50. The smallest absolute Gasteiger partial charge is 0.0973 e. The van der Waals surface area contributed by atoms with Crippen LogP contribution in [0.5, 0.6) is 0 Å². The second-order valence-electron chi connectivity index (χ2n) is 41.1. The predicted molar refractivity (Wildman–Crippen MR) is 567 cm³/mol. The van der Waals surface area contributed by atoms with Crippen molar-refractivity contribution in [2.75, 3.05) is 0 Å². The van der Waals surface area contributed by atoms with Gasteiger partial charge in [-0.1, -0.05) is 467 Å². The molecule has 0 bridgehead atoms. The summed E-state index contributed by atoms with van der Waals surface area (Å²) in [6.07, 6.45) is 48.6. The van der Waals surface area contributed by atoms with Gasteiger partial charge >= 0.3 is 0 Å². The molecule has 0 saturated carbocycles. The minimum atomic E-state index is -0.821. The van der Waals surface area contributed by atoms with Crippen molar-refractivity contribution in [1.82, 2.24) is 19.9 Å². The van der Waals surface area contributed by atoms with Crippen molar-refractivity contribution < 1.29 is 0 Å². The van der Waals surface area contributed by atoms with E-state index in [4.69, 9.17) is 19.9 Å². The predicted octanol–water partition coefficient (Wildman–Crippen LogP) is 37.4. The van der Waals surface area contributed by atoms with Gasteiger partial charge in [-0.2, -0.15) is 0 Å². The fourth-order valence-corrected chi connectivity index (χ4v) is 26.3. The molecule has 12 aromatic carbocycles. The number of aromatic nitrogens is 4. The standard InChI is InChI=1S/C129H146N4/c1-9-17-25-45-77-125(78-46-26-18-10-2)107-59-39-33-53-97(107)103-71-65-91(85-113(103)125)121-123(93-67-73-105-99-55-35-41-61-109(99)127(115(105)87-93,81-49-29-21-13-5)82-50-30-22-14-6)132-119-89-95(69-75-117(119)130-121)129(111-63-43-37-57-101(111)102-58-38-44-64-112(102)129)96-70-76-118-120(90-96)133-124(94-68-74-106-100-56-36-42-62-110(100)128(116(106)88-94,83-51-31-23-15-7)84-52-32-24-16-8)122(131-118)92-66-72-104-98-54-34-40-60-108(98)126(114(104)86-92,79-47-27-19-11-3)80-48-28-20-12-4/h33-44,53-76,85-90H,9-32,45-52,77-84H2,1-8H3. The summed E-state index contributed by atoms with van der Waals surface area (Å²) in [5.74, 6) is 0. The molecule has 0 amide bonds. The molecule has 4 nitrogen and oxygen atoms in total. The summed E-state index contributed by atoms with van der Waals surface area (Å²) in [6, 6.07) is 101. The molecule has 0 N–H and O–H groups in total. The maximum Gasteiger partial charge on any atom is 0.0973 e. The molecule has 0 aliphatic heterocycles. The average molecular weight is 1750 g/mol. The first-order chi connectivity index (χ1) is 65.6. The van der Waals surface area contributed by atoms with Crippen LogP contribution in [-0.2, 0) is 27.1 Å². The molecule has 133 heavy (non-hydrogen) atoms. The first kappa shape index (κ1) is 91.4. The van der Waals surface area contributed by atoms with Gasteiger partial charge in [-0.25, -0.2) is 19.9 Å². The van der Waals surface area contributed by atoms with Gasteiger partial charge in [-0.05, 0) is 222 Å². The van der Waals surface area contributed by atoms with Crippen molar-refractivity contribution in [2.45, 2.75) is 339 Å². The van der Waals surface area contributed by atoms with Gasteiger partial charge in [0.15, 0.2) is 0 Å². The molecule has 5 aliphatic rings. The third kappa shape index (κ3) is 16.7. The largest absolute Gasteiger partial charge is 0.244 e. The Bertz CT molecular complexity index is 6030. The number of unbranched alkanes of at least 4 members (excludes halogenated alkanes) is 24. The average Bonchev–Trinajstić information content (AvgIpc) is 1.52. The first-order valence-corrected chi connectivity index (χ1v) is 53.4. The highest BCUT2D eigenvalue weighted by Crippen LogP contribution is 2.63. The molecule has 682 valence electrons. The Labute approximate surface area is 798 Å². The Balaban J connectivity index is 0.831. The summed E-state index contributed by atoms with van der Waals surface area (Å²) in [5.41, 5.74) is 41.1. The van der Waals surface area contributed by atoms with Crippen LogP contribution in [0.2, 0.25) is 0 Å².